The van der Waals surface area contributed by atoms with Crippen LogP contribution in [-0.4, -0.2) is 59.3 Å². The topological polar surface area (TPSA) is 102 Å². The number of hydrogen-bond donors (Lipinski definition) is 2. The number of rotatable bonds is 8. The van der Waals surface area contributed by atoms with E-state index in [-0.39, 0.29) is 37.9 Å². The average molecular weight is 477 g/mol. The van der Waals surface area contributed by atoms with E-state index in [4.69, 9.17) is 14.2 Å². The summed E-state index contributed by atoms with van der Waals surface area (Å²) in [6.45, 7) is 2.46. The zero-order chi connectivity index (χ0) is 23.8. The Labute approximate surface area is 201 Å². The second-order valence-electron chi connectivity index (χ2n) is 13.3. The van der Waals surface area contributed by atoms with E-state index in [2.05, 4.69) is 0 Å². The lowest BCUT2D eigenvalue weighted by atomic mass is 9.48. The van der Waals surface area contributed by atoms with Gasteiger partial charge in [-0.25, -0.2) is 0 Å². The summed E-state index contributed by atoms with van der Waals surface area (Å²) in [6.07, 6.45) is 9.76. The van der Waals surface area contributed by atoms with Crippen LogP contribution in [0.25, 0.3) is 0 Å². The highest BCUT2D eigenvalue weighted by Crippen LogP contribution is 2.63. The number of hydrogen-bond acceptors (Lipinski definition) is 7. The van der Waals surface area contributed by atoms with Gasteiger partial charge in [0.1, 0.15) is 13.2 Å². The first-order chi connectivity index (χ1) is 16.1. The van der Waals surface area contributed by atoms with Gasteiger partial charge in [0.2, 0.25) is 0 Å². The van der Waals surface area contributed by atoms with E-state index in [0.29, 0.717) is 36.5 Å². The van der Waals surface area contributed by atoms with E-state index >= 15 is 0 Å². The first kappa shape index (κ1) is 23.2. The normalized spacial score (nSPS) is 48.7. The maximum absolute atomic E-state index is 13.0. The monoisotopic (exact) mass is 476 g/mol. The summed E-state index contributed by atoms with van der Waals surface area (Å²) in [6, 6.07) is 0. The lowest BCUT2D eigenvalue weighted by molar-refractivity contribution is -0.199. The molecule has 0 aliphatic heterocycles. The molecule has 8 bridgehead atoms. The van der Waals surface area contributed by atoms with E-state index < -0.39 is 22.0 Å². The van der Waals surface area contributed by atoms with Gasteiger partial charge >= 0.3 is 11.9 Å². The minimum absolute atomic E-state index is 0.169. The van der Waals surface area contributed by atoms with Gasteiger partial charge in [-0.15, -0.1) is 0 Å². The fraction of sp³-hybridized carbons (Fsp3) is 0.926. The van der Waals surface area contributed by atoms with E-state index in [9.17, 15) is 19.8 Å². The Bertz CT molecular complexity index is 824. The molecule has 0 amide bonds. The molecule has 8 aliphatic rings. The van der Waals surface area contributed by atoms with Crippen LogP contribution < -0.4 is 0 Å². The molecule has 34 heavy (non-hydrogen) atoms. The van der Waals surface area contributed by atoms with Gasteiger partial charge in [-0.3, -0.25) is 9.59 Å². The van der Waals surface area contributed by atoms with Gasteiger partial charge in [0.05, 0.1) is 34.7 Å². The second kappa shape index (κ2) is 7.91. The molecule has 2 N–H and O–H groups in total. The quantitative estimate of drug-likeness (QED) is 0.410. The fourth-order valence-electron chi connectivity index (χ4n) is 9.84. The maximum Gasteiger partial charge on any atom is 0.312 e. The lowest BCUT2D eigenvalue weighted by Gasteiger charge is -2.58. The Morgan fingerprint density at radius 3 is 1.62 bits per heavy atom. The molecule has 7 nitrogen and oxygen atoms in total. The number of ether oxygens (including phenoxy) is 3. The summed E-state index contributed by atoms with van der Waals surface area (Å²) in [7, 11) is 0. The molecule has 8 fully saturated rings. The van der Waals surface area contributed by atoms with Crippen LogP contribution in [0.15, 0.2) is 0 Å². The highest BCUT2D eigenvalue weighted by Gasteiger charge is 2.62. The van der Waals surface area contributed by atoms with Crippen molar-refractivity contribution in [3.63, 3.8) is 0 Å². The largest absolute Gasteiger partial charge is 0.463 e. The molecule has 0 heterocycles. The smallest absolute Gasteiger partial charge is 0.312 e. The minimum Gasteiger partial charge on any atom is -0.463 e. The lowest BCUT2D eigenvalue weighted by Crippen LogP contribution is -2.58. The second-order valence-corrected chi connectivity index (χ2v) is 13.3. The molecule has 7 heteroatoms. The third-order valence-corrected chi connectivity index (χ3v) is 10.1. The third kappa shape index (κ3) is 4.00. The van der Waals surface area contributed by atoms with Crippen molar-refractivity contribution >= 4 is 11.9 Å². The summed E-state index contributed by atoms with van der Waals surface area (Å²) in [5, 5.41) is 21.7. The van der Waals surface area contributed by atoms with E-state index in [1.807, 2.05) is 6.92 Å². The zero-order valence-corrected chi connectivity index (χ0v) is 20.4. The Morgan fingerprint density at radius 2 is 1.18 bits per heavy atom. The Kier molecular flexibility index (Phi) is 5.40. The van der Waals surface area contributed by atoms with Gasteiger partial charge in [0, 0.05) is 0 Å². The van der Waals surface area contributed by atoms with Gasteiger partial charge < -0.3 is 24.4 Å². The number of aliphatic hydroxyl groups is 2. The predicted octanol–water partition coefficient (Wildman–Crippen LogP) is 3.14. The molecule has 8 aliphatic carbocycles. The summed E-state index contributed by atoms with van der Waals surface area (Å²) >= 11 is 0. The van der Waals surface area contributed by atoms with Crippen molar-refractivity contribution in [2.45, 2.75) is 101 Å². The van der Waals surface area contributed by atoms with Crippen LogP contribution in [0.1, 0.15) is 84.0 Å². The highest BCUT2D eigenvalue weighted by molar-refractivity contribution is 5.78. The minimum atomic E-state index is -0.679. The average Bonchev–Trinajstić information content (AvgIpc) is 2.71. The van der Waals surface area contributed by atoms with Gasteiger partial charge in [0.25, 0.3) is 0 Å². The summed E-state index contributed by atoms with van der Waals surface area (Å²) in [5.41, 5.74) is -2.39. The molecule has 5 unspecified atom stereocenters. The van der Waals surface area contributed by atoms with Crippen molar-refractivity contribution in [1.29, 1.82) is 0 Å². The molecule has 8 rings (SSSR count). The van der Waals surface area contributed by atoms with Crippen LogP contribution in [-0.2, 0) is 23.8 Å². The van der Waals surface area contributed by atoms with Crippen LogP contribution in [0.2, 0.25) is 0 Å². The van der Waals surface area contributed by atoms with Crippen LogP contribution in [0.4, 0.5) is 0 Å². The SMILES string of the molecule is CC(COC(=O)C12CC3CC(CC(O)(C3)C1)C2)OCCOC(=O)C12CC3CC(CC(O)(C3)C1)C2. The van der Waals surface area contributed by atoms with Crippen LogP contribution in [0, 0.1) is 34.5 Å². The molecule has 0 aromatic carbocycles. The van der Waals surface area contributed by atoms with Crippen molar-refractivity contribution in [2.75, 3.05) is 19.8 Å². The summed E-state index contributed by atoms with van der Waals surface area (Å²) < 4.78 is 17.1. The maximum atomic E-state index is 13.0. The number of esters is 2. The predicted molar refractivity (Wildman–Crippen MR) is 121 cm³/mol. The standard InChI is InChI=1S/C27H40O7/c1-17(14-34-23(29)25-8-20-5-21(9-25)13-27(31,12-20)16-25)32-2-3-33-22(28)24-6-18-4-19(7-24)11-26(30,10-18)15-24/h17-21,30-31H,2-16H2,1H3. The zero-order valence-electron chi connectivity index (χ0n) is 20.4. The fourth-order valence-corrected chi connectivity index (χ4v) is 9.84. The van der Waals surface area contributed by atoms with E-state index in [1.54, 1.807) is 0 Å². The van der Waals surface area contributed by atoms with E-state index in [1.165, 1.54) is 0 Å². The third-order valence-electron chi connectivity index (χ3n) is 10.1. The molecular weight excluding hydrogens is 436 g/mol. The van der Waals surface area contributed by atoms with Gasteiger partial charge in [-0.1, -0.05) is 0 Å². The molecule has 5 atom stereocenters. The number of carbonyl (C=O) groups is 2. The van der Waals surface area contributed by atoms with Crippen molar-refractivity contribution in [3.05, 3.63) is 0 Å². The van der Waals surface area contributed by atoms with Crippen LogP contribution in [0.5, 0.6) is 0 Å². The summed E-state index contributed by atoms with van der Waals surface area (Å²) in [5.74, 6) is 1.41. The Morgan fingerprint density at radius 1 is 0.735 bits per heavy atom. The molecule has 190 valence electrons. The van der Waals surface area contributed by atoms with Crippen molar-refractivity contribution in [1.82, 2.24) is 0 Å². The molecule has 0 saturated heterocycles. The molecular formula is C27H40O7. The first-order valence-corrected chi connectivity index (χ1v) is 13.5. The highest BCUT2D eigenvalue weighted by atomic mass is 16.6. The Balaban J connectivity index is 0.939. The van der Waals surface area contributed by atoms with Gasteiger partial charge in [0.15, 0.2) is 0 Å². The summed E-state index contributed by atoms with van der Waals surface area (Å²) in [4.78, 5) is 26.0. The van der Waals surface area contributed by atoms with Crippen molar-refractivity contribution in [2.24, 2.45) is 34.5 Å². The van der Waals surface area contributed by atoms with Crippen molar-refractivity contribution < 1.29 is 34.0 Å². The van der Waals surface area contributed by atoms with Crippen LogP contribution >= 0.6 is 0 Å². The van der Waals surface area contributed by atoms with Crippen molar-refractivity contribution in [3.8, 4) is 0 Å². The molecule has 0 spiro atoms. The molecule has 0 aromatic heterocycles. The Hall–Kier alpha value is -1.18. The molecule has 0 radical (unpaired) electrons. The van der Waals surface area contributed by atoms with Crippen LogP contribution in [0.3, 0.4) is 0 Å². The molecule has 8 saturated carbocycles. The van der Waals surface area contributed by atoms with E-state index in [0.717, 1.165) is 64.2 Å². The first-order valence-electron chi connectivity index (χ1n) is 13.5. The van der Waals surface area contributed by atoms with Gasteiger partial charge in [-0.05, 0) is 108 Å². The molecule has 0 aromatic rings. The van der Waals surface area contributed by atoms with Gasteiger partial charge in [-0.2, -0.15) is 0 Å². The number of carbonyl (C=O) groups excluding carboxylic acids is 2.